The lowest BCUT2D eigenvalue weighted by Gasteiger charge is -2.37. The van der Waals surface area contributed by atoms with E-state index < -0.39 is 5.97 Å². The topological polar surface area (TPSA) is 126 Å². The number of amides is 1. The highest BCUT2D eigenvalue weighted by molar-refractivity contribution is 7.17. The van der Waals surface area contributed by atoms with Gasteiger partial charge in [-0.1, -0.05) is 41.5 Å². The van der Waals surface area contributed by atoms with Crippen molar-refractivity contribution in [1.82, 2.24) is 25.3 Å². The number of carbonyl (C=O) groups excluding carboxylic acids is 2. The van der Waals surface area contributed by atoms with Gasteiger partial charge < -0.3 is 29.6 Å². The molecular weight excluding hydrogens is 589 g/mol. The molecule has 0 bridgehead atoms. The third-order valence-corrected chi connectivity index (χ3v) is 9.05. The number of aromatic nitrogens is 4. The number of nitrogens with one attached hydrogen (secondary N) is 2. The zero-order valence-electron chi connectivity index (χ0n) is 23.8. The van der Waals surface area contributed by atoms with Crippen molar-refractivity contribution < 1.29 is 19.1 Å². The Bertz CT molecular complexity index is 1360. The van der Waals surface area contributed by atoms with Gasteiger partial charge in [0.25, 0.3) is 5.91 Å². The van der Waals surface area contributed by atoms with Crippen LogP contribution in [0.4, 0.5) is 10.9 Å². The first-order chi connectivity index (χ1) is 19.7. The number of likely N-dealkylation sites (N-methyl/N-ethyl adjacent to an activating group) is 1. The van der Waals surface area contributed by atoms with Crippen LogP contribution in [-0.2, 0) is 9.47 Å². The van der Waals surface area contributed by atoms with Crippen LogP contribution in [0.5, 0.6) is 0 Å². The number of methoxy groups -OCH3 is 1. The SMILES string of the molecule is CCOC(=O)c1sc(N2CC[C@@H](NC(=O)c3[nH]c(C)c(Cl)c3Cl)[C@@H](C)C2)nc1-c1cnc(N(CC)CCOC)cn1. The van der Waals surface area contributed by atoms with Crippen molar-refractivity contribution in [2.45, 2.75) is 40.2 Å². The fourth-order valence-electron chi connectivity index (χ4n) is 4.70. The van der Waals surface area contributed by atoms with Gasteiger partial charge in [0.1, 0.15) is 27.8 Å². The van der Waals surface area contributed by atoms with Crippen molar-refractivity contribution in [3.05, 3.63) is 38.7 Å². The molecule has 3 aromatic heterocycles. The summed E-state index contributed by atoms with van der Waals surface area (Å²) in [5, 5.41) is 4.35. The van der Waals surface area contributed by atoms with Crippen LogP contribution in [0.25, 0.3) is 11.4 Å². The molecule has 1 saturated heterocycles. The largest absolute Gasteiger partial charge is 0.462 e. The van der Waals surface area contributed by atoms with Gasteiger partial charge in [0, 0.05) is 45.0 Å². The van der Waals surface area contributed by atoms with Crippen LogP contribution >= 0.6 is 34.5 Å². The Balaban J connectivity index is 1.51. The summed E-state index contributed by atoms with van der Waals surface area (Å²) in [5.41, 5.74) is 1.85. The number of nitrogens with zero attached hydrogens (tertiary/aromatic N) is 5. The highest BCUT2D eigenvalue weighted by Crippen LogP contribution is 2.35. The van der Waals surface area contributed by atoms with Crippen molar-refractivity contribution in [2.75, 3.05) is 56.3 Å². The van der Waals surface area contributed by atoms with Crippen LogP contribution in [-0.4, -0.2) is 84.4 Å². The second-order valence-corrected chi connectivity index (χ2v) is 11.5. The minimum Gasteiger partial charge on any atom is -0.462 e. The summed E-state index contributed by atoms with van der Waals surface area (Å²) >= 11 is 13.7. The van der Waals surface area contributed by atoms with Crippen LogP contribution < -0.4 is 15.1 Å². The van der Waals surface area contributed by atoms with Crippen molar-refractivity contribution in [2.24, 2.45) is 5.92 Å². The van der Waals surface area contributed by atoms with E-state index in [1.54, 1.807) is 33.4 Å². The second-order valence-electron chi connectivity index (χ2n) is 9.77. The number of anilines is 2. The monoisotopic (exact) mass is 623 g/mol. The van der Waals surface area contributed by atoms with E-state index in [0.717, 1.165) is 12.4 Å². The molecule has 2 atom stereocenters. The Hall–Kier alpha value is -2.93. The summed E-state index contributed by atoms with van der Waals surface area (Å²) in [6, 6.07) is -0.0702. The Labute approximate surface area is 253 Å². The fourth-order valence-corrected chi connectivity index (χ4v) is 6.12. The molecule has 0 spiro atoms. The molecule has 2 N–H and O–H groups in total. The van der Waals surface area contributed by atoms with Crippen LogP contribution in [0.1, 0.15) is 53.0 Å². The van der Waals surface area contributed by atoms with Gasteiger partial charge >= 0.3 is 5.97 Å². The lowest BCUT2D eigenvalue weighted by atomic mass is 9.94. The lowest BCUT2D eigenvalue weighted by Crippen LogP contribution is -2.50. The summed E-state index contributed by atoms with van der Waals surface area (Å²) in [6.07, 6.45) is 4.00. The molecule has 4 heterocycles. The number of halogens is 2. The Kier molecular flexibility index (Phi) is 10.5. The number of piperidine rings is 1. The number of rotatable bonds is 11. The van der Waals surface area contributed by atoms with Gasteiger partial charge in [-0.15, -0.1) is 0 Å². The average molecular weight is 625 g/mol. The van der Waals surface area contributed by atoms with E-state index in [9.17, 15) is 9.59 Å². The molecule has 1 aliphatic heterocycles. The molecule has 4 rings (SSSR count). The van der Waals surface area contributed by atoms with Crippen LogP contribution in [0.2, 0.25) is 10.0 Å². The highest BCUT2D eigenvalue weighted by Gasteiger charge is 2.32. The summed E-state index contributed by atoms with van der Waals surface area (Å²) in [5.74, 6) is 0.0850. The van der Waals surface area contributed by atoms with Crippen LogP contribution in [0, 0.1) is 12.8 Å². The van der Waals surface area contributed by atoms with E-state index >= 15 is 0 Å². The first-order valence-corrected chi connectivity index (χ1v) is 15.1. The molecule has 0 aliphatic carbocycles. The molecule has 0 aromatic carbocycles. The third-order valence-electron chi connectivity index (χ3n) is 7.00. The van der Waals surface area contributed by atoms with E-state index in [1.165, 1.54) is 11.3 Å². The molecule has 1 aliphatic rings. The minimum atomic E-state index is -0.445. The molecule has 222 valence electrons. The quantitative estimate of drug-likeness (QED) is 0.289. The second kappa shape index (κ2) is 13.8. The van der Waals surface area contributed by atoms with E-state index in [4.69, 9.17) is 37.7 Å². The van der Waals surface area contributed by atoms with Gasteiger partial charge in [0.05, 0.1) is 35.7 Å². The normalized spacial score (nSPS) is 17.0. The van der Waals surface area contributed by atoms with Crippen molar-refractivity contribution in [3.8, 4) is 11.4 Å². The van der Waals surface area contributed by atoms with Gasteiger partial charge in [0.15, 0.2) is 5.13 Å². The zero-order valence-corrected chi connectivity index (χ0v) is 26.1. The van der Waals surface area contributed by atoms with E-state index in [0.29, 0.717) is 64.8 Å². The van der Waals surface area contributed by atoms with Gasteiger partial charge in [-0.3, -0.25) is 4.79 Å². The smallest absolute Gasteiger partial charge is 0.350 e. The third kappa shape index (κ3) is 6.94. The van der Waals surface area contributed by atoms with Gasteiger partial charge in [-0.25, -0.2) is 19.7 Å². The number of hydrogen-bond acceptors (Lipinski definition) is 10. The average Bonchev–Trinajstić information content (AvgIpc) is 3.52. The molecule has 0 radical (unpaired) electrons. The van der Waals surface area contributed by atoms with Crippen molar-refractivity contribution in [3.63, 3.8) is 0 Å². The Morgan fingerprint density at radius 3 is 2.61 bits per heavy atom. The number of thiazole rings is 1. The van der Waals surface area contributed by atoms with E-state index in [-0.39, 0.29) is 35.2 Å². The Morgan fingerprint density at radius 2 is 2.02 bits per heavy atom. The number of ether oxygens (including phenoxy) is 2. The number of carbonyl (C=O) groups is 2. The van der Waals surface area contributed by atoms with E-state index in [2.05, 4.69) is 37.0 Å². The zero-order chi connectivity index (χ0) is 29.7. The standard InChI is InChI=1S/C27H35Cl2N7O4S/c1-6-35(10-11-39-5)19-13-30-18(12-31-19)22-24(26(38)40-7-2)41-27(34-22)36-9-8-17(15(3)14-36)33-25(37)23-21(29)20(28)16(4)32-23/h12-13,15,17,32H,6-11,14H2,1-5H3,(H,33,37)/t15-,17+/m0/s1. The minimum absolute atomic E-state index is 0.0702. The first-order valence-electron chi connectivity index (χ1n) is 13.5. The molecular formula is C27H35Cl2N7O4S. The molecule has 41 heavy (non-hydrogen) atoms. The number of hydrogen-bond donors (Lipinski definition) is 2. The number of esters is 1. The highest BCUT2D eigenvalue weighted by atomic mass is 35.5. The molecule has 0 unspecified atom stereocenters. The predicted octanol–water partition coefficient (Wildman–Crippen LogP) is 4.84. The van der Waals surface area contributed by atoms with Crippen molar-refractivity contribution >= 4 is 57.4 Å². The number of H-pyrrole nitrogens is 1. The molecule has 0 saturated carbocycles. The molecule has 11 nitrogen and oxygen atoms in total. The van der Waals surface area contributed by atoms with Crippen LogP contribution in [0.15, 0.2) is 12.4 Å². The predicted molar refractivity (Wildman–Crippen MR) is 162 cm³/mol. The van der Waals surface area contributed by atoms with Gasteiger partial charge in [0.2, 0.25) is 0 Å². The summed E-state index contributed by atoms with van der Waals surface area (Å²) in [6.45, 7) is 11.2. The maximum absolute atomic E-state index is 12.9. The fraction of sp³-hybridized carbons (Fsp3) is 0.519. The molecule has 14 heteroatoms. The maximum atomic E-state index is 12.9. The lowest BCUT2D eigenvalue weighted by molar-refractivity contribution is 0.0532. The van der Waals surface area contributed by atoms with Gasteiger partial charge in [-0.05, 0) is 33.1 Å². The number of aromatic amines is 1. The van der Waals surface area contributed by atoms with Crippen LogP contribution in [0.3, 0.4) is 0 Å². The van der Waals surface area contributed by atoms with E-state index in [1.807, 2.05) is 6.92 Å². The van der Waals surface area contributed by atoms with Gasteiger partial charge in [-0.2, -0.15) is 0 Å². The summed E-state index contributed by atoms with van der Waals surface area (Å²) < 4.78 is 10.5. The first kappa shape index (κ1) is 31.0. The molecule has 3 aromatic rings. The summed E-state index contributed by atoms with van der Waals surface area (Å²) in [4.78, 5) is 47.3. The Morgan fingerprint density at radius 1 is 1.24 bits per heavy atom. The molecule has 1 fully saturated rings. The maximum Gasteiger partial charge on any atom is 0.350 e. The van der Waals surface area contributed by atoms with Crippen molar-refractivity contribution in [1.29, 1.82) is 0 Å². The number of aryl methyl sites for hydroxylation is 1. The molecule has 1 amide bonds. The summed E-state index contributed by atoms with van der Waals surface area (Å²) in [7, 11) is 1.66.